The van der Waals surface area contributed by atoms with E-state index in [4.69, 9.17) is 60.0 Å². The molecule has 0 amide bonds. The Hall–Kier alpha value is -3.57. The van der Waals surface area contributed by atoms with Crippen LogP contribution in [0.4, 0.5) is 0 Å². The molecule has 0 saturated heterocycles. The van der Waals surface area contributed by atoms with Crippen LogP contribution in [0.15, 0.2) is 20.5 Å². The Morgan fingerprint density at radius 2 is 0.740 bits per heavy atom. The van der Waals surface area contributed by atoms with Gasteiger partial charge in [0.05, 0.1) is 78.1 Å². The molecular weight excluding hydrogens is 660 g/mol. The van der Waals surface area contributed by atoms with E-state index in [-0.39, 0.29) is 52.6 Å². The summed E-state index contributed by atoms with van der Waals surface area (Å²) in [7, 11) is 0. The molecule has 0 unspecified atom stereocenters. The molecule has 21 heteroatoms. The van der Waals surface area contributed by atoms with Crippen LogP contribution in [0.1, 0.15) is 51.4 Å². The Bertz CT molecular complexity index is 931. The summed E-state index contributed by atoms with van der Waals surface area (Å²) >= 11 is 0. The number of hydrogen-bond acceptors (Lipinski definition) is 13. The molecule has 0 N–H and O–H groups in total. The van der Waals surface area contributed by atoms with E-state index in [1.807, 2.05) is 0 Å². The molecule has 0 bridgehead atoms. The molecule has 0 aromatic carbocycles. The molecule has 0 spiro atoms. The van der Waals surface area contributed by atoms with Crippen LogP contribution >= 0.6 is 0 Å². The van der Waals surface area contributed by atoms with Gasteiger partial charge in [-0.2, -0.15) is 0 Å². The van der Waals surface area contributed by atoms with Gasteiger partial charge in [-0.3, -0.25) is 4.79 Å². The second-order valence-electron chi connectivity index (χ2n) is 10.8. The highest BCUT2D eigenvalue weighted by Gasteiger charge is 2.32. The van der Waals surface area contributed by atoms with Crippen LogP contribution in [0.2, 0.25) is 0 Å². The first-order valence-corrected chi connectivity index (χ1v) is 16.9. The lowest BCUT2D eigenvalue weighted by atomic mass is 9.92. The van der Waals surface area contributed by atoms with Crippen LogP contribution in [-0.2, 0) is 42.7 Å². The van der Waals surface area contributed by atoms with Gasteiger partial charge in [0.25, 0.3) is 0 Å². The van der Waals surface area contributed by atoms with Gasteiger partial charge in [-0.1, -0.05) is 20.5 Å². The predicted molar refractivity (Wildman–Crippen MR) is 182 cm³/mol. The van der Waals surface area contributed by atoms with E-state index in [2.05, 4.69) is 40.1 Å². The van der Waals surface area contributed by atoms with Gasteiger partial charge >= 0.3 is 5.97 Å². The molecule has 50 heavy (non-hydrogen) atoms. The summed E-state index contributed by atoms with van der Waals surface area (Å²) in [6.07, 6.45) is 5.06. The Balaban J connectivity index is 5.05. The van der Waals surface area contributed by atoms with Crippen molar-refractivity contribution >= 4 is 5.97 Å². The van der Waals surface area contributed by atoms with Crippen LogP contribution in [0.5, 0.6) is 0 Å². The summed E-state index contributed by atoms with van der Waals surface area (Å²) in [6, 6.07) is 0. The van der Waals surface area contributed by atoms with Crippen molar-refractivity contribution in [1.82, 2.24) is 0 Å². The molecule has 0 aromatic heterocycles. The average Bonchev–Trinajstić information content (AvgIpc) is 3.12. The monoisotopic (exact) mass is 714 g/mol. The summed E-state index contributed by atoms with van der Waals surface area (Å²) in [5.41, 5.74) is 32.7. The van der Waals surface area contributed by atoms with Crippen molar-refractivity contribution in [2.45, 2.75) is 51.4 Å². The lowest BCUT2D eigenvalue weighted by molar-refractivity contribution is -0.147. The minimum absolute atomic E-state index is 0.0492. The lowest BCUT2D eigenvalue weighted by Crippen LogP contribution is -2.43. The third-order valence-electron chi connectivity index (χ3n) is 6.52. The lowest BCUT2D eigenvalue weighted by Gasteiger charge is -2.33. The highest BCUT2D eigenvalue weighted by atomic mass is 16.6. The van der Waals surface area contributed by atoms with Gasteiger partial charge in [-0.25, -0.2) is 0 Å². The normalized spacial score (nSPS) is 11.8. The molecule has 0 aliphatic rings. The van der Waals surface area contributed by atoms with Crippen molar-refractivity contribution in [1.29, 1.82) is 0 Å². The van der Waals surface area contributed by atoms with Crippen LogP contribution in [0.3, 0.4) is 0 Å². The van der Waals surface area contributed by atoms with Gasteiger partial charge in [0.1, 0.15) is 6.61 Å². The smallest absolute Gasteiger partial charge is 0.305 e. The zero-order chi connectivity index (χ0) is 36.5. The first-order valence-electron chi connectivity index (χ1n) is 16.9. The van der Waals surface area contributed by atoms with E-state index in [0.717, 1.165) is 38.5 Å². The number of ether oxygens (including phenoxy) is 8. The first kappa shape index (κ1) is 46.4. The Labute approximate surface area is 293 Å². The number of carbonyl (C=O) groups is 1. The predicted octanol–water partition coefficient (Wildman–Crippen LogP) is 5.99. The summed E-state index contributed by atoms with van der Waals surface area (Å²) in [6.45, 7) is 6.22. The third-order valence-corrected chi connectivity index (χ3v) is 6.52. The molecule has 21 nitrogen and oxygen atoms in total. The van der Waals surface area contributed by atoms with Crippen molar-refractivity contribution in [2.24, 2.45) is 25.9 Å². The minimum Gasteiger partial charge on any atom is -0.463 e. The number of esters is 1. The Morgan fingerprint density at radius 3 is 1.10 bits per heavy atom. The quantitative estimate of drug-likeness (QED) is 0.0237. The molecule has 0 fully saturated rings. The van der Waals surface area contributed by atoms with Crippen molar-refractivity contribution in [2.75, 3.05) is 125 Å². The first-order chi connectivity index (χ1) is 24.6. The maximum atomic E-state index is 11.9. The number of carbonyl (C=O) groups excluding carboxylic acids is 1. The molecule has 0 aromatic rings. The van der Waals surface area contributed by atoms with E-state index in [1.165, 1.54) is 0 Å². The number of rotatable bonds is 39. The number of hydrogen-bond donors (Lipinski definition) is 0. The van der Waals surface area contributed by atoms with E-state index in [0.29, 0.717) is 85.5 Å². The van der Waals surface area contributed by atoms with E-state index in [1.54, 1.807) is 0 Å². The van der Waals surface area contributed by atoms with E-state index < -0.39 is 11.4 Å². The molecule has 0 heterocycles. The van der Waals surface area contributed by atoms with Crippen LogP contribution in [-0.4, -0.2) is 131 Å². The van der Waals surface area contributed by atoms with Crippen LogP contribution < -0.4 is 0 Å². The van der Waals surface area contributed by atoms with Gasteiger partial charge in [0, 0.05) is 72.1 Å². The Kier molecular flexibility index (Phi) is 35.5. The topological polar surface area (TPSA) is 286 Å². The molecule has 0 aliphatic heterocycles. The maximum absolute atomic E-state index is 11.9. The summed E-state index contributed by atoms with van der Waals surface area (Å²) in [5.74, 6) is -0.406. The average molecular weight is 715 g/mol. The van der Waals surface area contributed by atoms with Gasteiger partial charge in [-0.15, -0.1) is 0 Å². The Morgan fingerprint density at radius 1 is 0.420 bits per heavy atom. The fourth-order valence-electron chi connectivity index (χ4n) is 3.98. The zero-order valence-electron chi connectivity index (χ0n) is 29.1. The summed E-state index contributed by atoms with van der Waals surface area (Å²) < 4.78 is 46.1. The molecular formula is C29H54N12O9. The fourth-order valence-corrected chi connectivity index (χ4v) is 3.98. The third kappa shape index (κ3) is 33.0. The van der Waals surface area contributed by atoms with Crippen molar-refractivity contribution in [3.63, 3.8) is 0 Å². The minimum atomic E-state index is -0.723. The van der Waals surface area contributed by atoms with Crippen molar-refractivity contribution in [3.05, 3.63) is 41.8 Å². The number of azide groups is 4. The van der Waals surface area contributed by atoms with Gasteiger partial charge in [0.15, 0.2) is 0 Å². The summed E-state index contributed by atoms with van der Waals surface area (Å²) in [4.78, 5) is 22.8. The molecule has 0 aliphatic carbocycles. The highest BCUT2D eigenvalue weighted by molar-refractivity contribution is 5.69. The van der Waals surface area contributed by atoms with Crippen LogP contribution in [0.25, 0.3) is 41.8 Å². The van der Waals surface area contributed by atoms with Crippen LogP contribution in [0, 0.1) is 5.41 Å². The van der Waals surface area contributed by atoms with Gasteiger partial charge in [-0.05, 0) is 67.1 Å². The molecule has 0 radical (unpaired) electrons. The second kappa shape index (κ2) is 38.2. The fraction of sp³-hybridized carbons (Fsp3) is 0.966. The maximum Gasteiger partial charge on any atom is 0.305 e. The standard InChI is InChI=1S/C29H54N12O9/c30-38-34-9-1-4-13-43-16-19-46-24-29(25-47-20-17-44-14-5-2-10-35-39-31,26-48-21-18-45-15-6-3-11-36-40-32)27-49-22-23-50-28(42)8-7-12-37-41-33/h1-27H2. The summed E-state index contributed by atoms with van der Waals surface area (Å²) in [5, 5.41) is 13.9. The van der Waals surface area contributed by atoms with E-state index >= 15 is 0 Å². The molecule has 0 atom stereocenters. The molecule has 284 valence electrons. The molecule has 0 rings (SSSR count). The van der Waals surface area contributed by atoms with Gasteiger partial charge in [0.2, 0.25) is 0 Å². The SMILES string of the molecule is [N-]=[N+]=NCCCCOCCOCC(COCCOCCCCN=[N+]=[N-])(COCCOCCCCN=[N+]=[N-])COCCOC(=O)CCCN=[N+]=[N-]. The number of unbranched alkanes of at least 4 members (excludes halogenated alkanes) is 3. The molecule has 0 saturated carbocycles. The zero-order valence-corrected chi connectivity index (χ0v) is 29.1. The van der Waals surface area contributed by atoms with Crippen molar-refractivity contribution < 1.29 is 42.7 Å². The number of nitrogens with zero attached hydrogens (tertiary/aromatic N) is 12. The highest BCUT2D eigenvalue weighted by Crippen LogP contribution is 2.21. The largest absolute Gasteiger partial charge is 0.463 e. The second-order valence-corrected chi connectivity index (χ2v) is 10.8. The van der Waals surface area contributed by atoms with Crippen molar-refractivity contribution in [3.8, 4) is 0 Å². The van der Waals surface area contributed by atoms with Gasteiger partial charge < -0.3 is 37.9 Å². The van der Waals surface area contributed by atoms with E-state index in [9.17, 15) is 4.79 Å².